The normalized spacial score (nSPS) is 14.7. The summed E-state index contributed by atoms with van der Waals surface area (Å²) in [7, 11) is 0. The SMILES string of the molecule is CCC(=O)Nc1cncc(-c2cnc3c(c2)C(c2nc4c(C(=O)N5CCOCC5)cccc4[nH]2)=N3)c1. The number of amides is 2. The second-order valence-electron chi connectivity index (χ2n) is 8.61. The van der Waals surface area contributed by atoms with Crippen molar-refractivity contribution in [1.29, 1.82) is 0 Å². The smallest absolute Gasteiger partial charge is 0.256 e. The van der Waals surface area contributed by atoms with Gasteiger partial charge in [-0.2, -0.15) is 0 Å². The van der Waals surface area contributed by atoms with Crippen molar-refractivity contribution in [2.45, 2.75) is 13.3 Å². The summed E-state index contributed by atoms with van der Waals surface area (Å²) >= 11 is 0. The van der Waals surface area contributed by atoms with Gasteiger partial charge in [-0.25, -0.2) is 15.0 Å². The number of aliphatic imine (C=N–C) groups is 1. The van der Waals surface area contributed by atoms with Crippen LogP contribution in [-0.4, -0.2) is 68.7 Å². The Labute approximate surface area is 206 Å². The average Bonchev–Trinajstić information content (AvgIpc) is 3.33. The van der Waals surface area contributed by atoms with Gasteiger partial charge in [0.05, 0.1) is 36.2 Å². The summed E-state index contributed by atoms with van der Waals surface area (Å²) in [4.78, 5) is 48.0. The van der Waals surface area contributed by atoms with E-state index >= 15 is 0 Å². The molecule has 180 valence electrons. The number of H-pyrrole nitrogens is 1. The lowest BCUT2D eigenvalue weighted by atomic mass is 10.0. The summed E-state index contributed by atoms with van der Waals surface area (Å²) in [6.07, 6.45) is 5.47. The Balaban J connectivity index is 1.30. The molecule has 3 aromatic heterocycles. The number of rotatable bonds is 5. The molecule has 0 atom stereocenters. The second kappa shape index (κ2) is 8.97. The van der Waals surface area contributed by atoms with Gasteiger partial charge in [-0.15, -0.1) is 0 Å². The van der Waals surface area contributed by atoms with Gasteiger partial charge >= 0.3 is 0 Å². The first kappa shape index (κ1) is 22.1. The third-order valence-electron chi connectivity index (χ3n) is 6.28. The Morgan fingerprint density at radius 2 is 1.94 bits per heavy atom. The van der Waals surface area contributed by atoms with E-state index in [0.717, 1.165) is 22.2 Å². The van der Waals surface area contributed by atoms with Gasteiger partial charge in [-0.05, 0) is 24.3 Å². The quantitative estimate of drug-likeness (QED) is 0.397. The standard InChI is InChI=1S/C26H23N7O3/c1-2-21(34)29-17-10-15(12-27-14-17)16-11-19-23(32-24(19)28-13-16)25-30-20-5-3-4-18(22(20)31-25)26(35)33-6-8-36-9-7-33/h3-5,10-14H,2,6-9H2,1H3,(H,29,34)(H,30,31). The van der Waals surface area contributed by atoms with Gasteiger partial charge in [-0.3, -0.25) is 14.6 Å². The number of benzene rings is 1. The number of para-hydroxylation sites is 1. The molecule has 4 aromatic rings. The molecule has 36 heavy (non-hydrogen) atoms. The number of carbonyl (C=O) groups excluding carboxylic acids is 2. The van der Waals surface area contributed by atoms with Crippen LogP contribution in [0, 0.1) is 0 Å². The van der Waals surface area contributed by atoms with Gasteiger partial charge in [0, 0.05) is 48.6 Å². The molecule has 0 saturated carbocycles. The molecular formula is C26H23N7O3. The van der Waals surface area contributed by atoms with Crippen molar-refractivity contribution >= 4 is 40.1 Å². The summed E-state index contributed by atoms with van der Waals surface area (Å²) in [5.41, 5.74) is 5.79. The van der Waals surface area contributed by atoms with Gasteiger partial charge in [-0.1, -0.05) is 13.0 Å². The van der Waals surface area contributed by atoms with Crippen LogP contribution in [0.5, 0.6) is 0 Å². The minimum atomic E-state index is -0.0741. The highest BCUT2D eigenvalue weighted by atomic mass is 16.5. The van der Waals surface area contributed by atoms with E-state index in [9.17, 15) is 9.59 Å². The molecule has 2 N–H and O–H groups in total. The van der Waals surface area contributed by atoms with Crippen LogP contribution in [-0.2, 0) is 9.53 Å². The van der Waals surface area contributed by atoms with Gasteiger partial charge in [0.1, 0.15) is 11.2 Å². The van der Waals surface area contributed by atoms with Crippen LogP contribution in [0.3, 0.4) is 0 Å². The maximum absolute atomic E-state index is 13.1. The number of hydrogen-bond donors (Lipinski definition) is 2. The first-order chi connectivity index (χ1) is 17.6. The summed E-state index contributed by atoms with van der Waals surface area (Å²) in [6.45, 7) is 4.02. The predicted molar refractivity (Wildman–Crippen MR) is 135 cm³/mol. The van der Waals surface area contributed by atoms with Gasteiger partial charge in [0.15, 0.2) is 11.6 Å². The Kier molecular flexibility index (Phi) is 5.49. The third-order valence-corrected chi connectivity index (χ3v) is 6.28. The highest BCUT2D eigenvalue weighted by Gasteiger charge is 2.27. The molecule has 5 heterocycles. The van der Waals surface area contributed by atoms with E-state index in [0.29, 0.717) is 66.8 Å². The van der Waals surface area contributed by atoms with Crippen LogP contribution < -0.4 is 5.32 Å². The molecule has 1 fully saturated rings. The third kappa shape index (κ3) is 3.91. The van der Waals surface area contributed by atoms with Crippen LogP contribution in [0.2, 0.25) is 0 Å². The molecule has 10 heteroatoms. The number of fused-ring (bicyclic) bond motifs is 2. The minimum Gasteiger partial charge on any atom is -0.378 e. The second-order valence-corrected chi connectivity index (χ2v) is 8.61. The summed E-state index contributed by atoms with van der Waals surface area (Å²) in [6, 6.07) is 9.41. The fraction of sp³-hybridized carbons (Fsp3) is 0.231. The van der Waals surface area contributed by atoms with E-state index in [1.165, 1.54) is 0 Å². The maximum atomic E-state index is 13.1. The van der Waals surface area contributed by atoms with E-state index in [1.54, 1.807) is 36.5 Å². The van der Waals surface area contributed by atoms with Crippen molar-refractivity contribution in [3.63, 3.8) is 0 Å². The zero-order valence-electron chi connectivity index (χ0n) is 19.6. The molecule has 0 aliphatic carbocycles. The molecule has 2 aliphatic heterocycles. The summed E-state index contributed by atoms with van der Waals surface area (Å²) in [5, 5.41) is 2.83. The topological polar surface area (TPSA) is 125 Å². The number of nitrogens with zero attached hydrogens (tertiary/aromatic N) is 5. The number of imidazole rings is 1. The lowest BCUT2D eigenvalue weighted by molar-refractivity contribution is -0.115. The van der Waals surface area contributed by atoms with E-state index in [4.69, 9.17) is 9.72 Å². The number of aromatic nitrogens is 4. The summed E-state index contributed by atoms with van der Waals surface area (Å²) in [5.74, 6) is 1.09. The number of pyridine rings is 2. The Hall–Kier alpha value is -4.44. The van der Waals surface area contributed by atoms with Crippen molar-refractivity contribution in [3.8, 4) is 11.1 Å². The summed E-state index contributed by atoms with van der Waals surface area (Å²) < 4.78 is 5.37. The molecule has 0 spiro atoms. The van der Waals surface area contributed by atoms with Crippen LogP contribution in [0.25, 0.3) is 22.2 Å². The van der Waals surface area contributed by atoms with Gasteiger partial charge in [0.2, 0.25) is 5.91 Å². The Morgan fingerprint density at radius 1 is 1.11 bits per heavy atom. The van der Waals surface area contributed by atoms with Gasteiger partial charge in [0.25, 0.3) is 5.91 Å². The molecule has 1 aromatic carbocycles. The number of anilines is 1. The number of carbonyl (C=O) groups is 2. The van der Waals surface area contributed by atoms with Crippen LogP contribution >= 0.6 is 0 Å². The lowest BCUT2D eigenvalue weighted by Gasteiger charge is -2.26. The number of morpholine rings is 1. The number of ether oxygens (including phenoxy) is 1. The Bertz CT molecular complexity index is 1540. The molecule has 2 amide bonds. The predicted octanol–water partition coefficient (Wildman–Crippen LogP) is 3.32. The fourth-order valence-corrected chi connectivity index (χ4v) is 4.34. The highest BCUT2D eigenvalue weighted by molar-refractivity contribution is 6.21. The van der Waals surface area contributed by atoms with Crippen molar-refractivity contribution in [2.75, 3.05) is 31.6 Å². The van der Waals surface area contributed by atoms with Crippen LogP contribution in [0.15, 0.2) is 53.9 Å². The number of hydrogen-bond acceptors (Lipinski definition) is 7. The van der Waals surface area contributed by atoms with E-state index in [-0.39, 0.29) is 11.8 Å². The molecule has 6 rings (SSSR count). The first-order valence-corrected chi connectivity index (χ1v) is 11.8. The van der Waals surface area contributed by atoms with Gasteiger partial charge < -0.3 is 19.9 Å². The van der Waals surface area contributed by atoms with Crippen LogP contribution in [0.4, 0.5) is 11.5 Å². The zero-order valence-corrected chi connectivity index (χ0v) is 19.6. The maximum Gasteiger partial charge on any atom is 0.256 e. The number of aromatic amines is 1. The van der Waals surface area contributed by atoms with Crippen molar-refractivity contribution in [3.05, 3.63) is 65.9 Å². The van der Waals surface area contributed by atoms with E-state index in [1.807, 2.05) is 24.3 Å². The molecule has 1 saturated heterocycles. The molecule has 0 bridgehead atoms. The Morgan fingerprint density at radius 3 is 2.78 bits per heavy atom. The average molecular weight is 482 g/mol. The fourth-order valence-electron chi connectivity index (χ4n) is 4.34. The molecule has 0 unspecified atom stereocenters. The molecule has 0 radical (unpaired) electrons. The van der Waals surface area contributed by atoms with Crippen molar-refractivity contribution in [2.24, 2.45) is 4.99 Å². The minimum absolute atomic E-state index is 0.0515. The molecular weight excluding hydrogens is 458 g/mol. The number of nitrogens with one attached hydrogen (secondary N) is 2. The van der Waals surface area contributed by atoms with Crippen molar-refractivity contribution in [1.82, 2.24) is 24.8 Å². The van der Waals surface area contributed by atoms with E-state index < -0.39 is 0 Å². The van der Waals surface area contributed by atoms with Crippen molar-refractivity contribution < 1.29 is 14.3 Å². The first-order valence-electron chi connectivity index (χ1n) is 11.8. The van der Waals surface area contributed by atoms with Crippen LogP contribution in [0.1, 0.15) is 35.1 Å². The monoisotopic (exact) mass is 481 g/mol. The largest absolute Gasteiger partial charge is 0.378 e. The molecule has 2 aliphatic rings. The lowest BCUT2D eigenvalue weighted by Crippen LogP contribution is -2.40. The zero-order chi connectivity index (χ0) is 24.6. The highest BCUT2D eigenvalue weighted by Crippen LogP contribution is 2.34. The molecule has 10 nitrogen and oxygen atoms in total. The van der Waals surface area contributed by atoms with E-state index in [2.05, 4.69) is 25.3 Å².